The van der Waals surface area contributed by atoms with E-state index in [0.29, 0.717) is 32.5 Å². The molecule has 1 saturated heterocycles. The summed E-state index contributed by atoms with van der Waals surface area (Å²) in [6.45, 7) is 5.89. The van der Waals surface area contributed by atoms with E-state index in [0.717, 1.165) is 17.1 Å². The highest BCUT2D eigenvalue weighted by atomic mass is 32.2. The van der Waals surface area contributed by atoms with E-state index in [1.54, 1.807) is 11.3 Å². The number of amides is 1. The van der Waals surface area contributed by atoms with Crippen LogP contribution in [0.4, 0.5) is 0 Å². The lowest BCUT2D eigenvalue weighted by Gasteiger charge is -2.21. The fraction of sp³-hybridized carbons (Fsp3) is 0.750. The molecule has 0 spiro atoms. The first-order valence-corrected chi connectivity index (χ1v) is 11.2. The Kier molecular flexibility index (Phi) is 6.95. The number of sulfonamides is 1. The SMILES string of the molecule is Cc1nc(CCNC(=O)[C@@H]2CC[C@H](NS(C)(=O)=O)CN(C)C2)sc1C. The lowest BCUT2D eigenvalue weighted by atomic mass is 10.0. The molecule has 1 aliphatic heterocycles. The van der Waals surface area contributed by atoms with Gasteiger partial charge >= 0.3 is 0 Å². The van der Waals surface area contributed by atoms with Gasteiger partial charge in [0.1, 0.15) is 0 Å². The van der Waals surface area contributed by atoms with Crippen molar-refractivity contribution in [3.63, 3.8) is 0 Å². The molecule has 1 fully saturated rings. The fourth-order valence-electron chi connectivity index (χ4n) is 3.11. The Morgan fingerprint density at radius 1 is 1.32 bits per heavy atom. The molecule has 2 heterocycles. The predicted octanol–water partition coefficient (Wildman–Crippen LogP) is 0.678. The van der Waals surface area contributed by atoms with Crippen LogP contribution in [0.15, 0.2) is 0 Å². The summed E-state index contributed by atoms with van der Waals surface area (Å²) in [5.74, 6) is -0.0759. The summed E-state index contributed by atoms with van der Waals surface area (Å²) >= 11 is 1.68. The van der Waals surface area contributed by atoms with Crippen molar-refractivity contribution in [2.75, 3.05) is 32.9 Å². The van der Waals surface area contributed by atoms with Crippen molar-refractivity contribution in [2.45, 2.75) is 39.2 Å². The molecular formula is C16H28N4O3S2. The molecule has 0 unspecified atom stereocenters. The summed E-state index contributed by atoms with van der Waals surface area (Å²) in [7, 11) is -1.31. The molecule has 2 atom stereocenters. The van der Waals surface area contributed by atoms with Gasteiger partial charge in [-0.05, 0) is 33.7 Å². The number of carbonyl (C=O) groups is 1. The Morgan fingerprint density at radius 3 is 2.64 bits per heavy atom. The maximum absolute atomic E-state index is 12.5. The number of thiazole rings is 1. The number of hydrogen-bond acceptors (Lipinski definition) is 6. The fourth-order valence-corrected chi connectivity index (χ4v) is 4.84. The highest BCUT2D eigenvalue weighted by Gasteiger charge is 2.27. The molecule has 0 bridgehead atoms. The van der Waals surface area contributed by atoms with Crippen LogP contribution in [0.1, 0.15) is 28.4 Å². The minimum atomic E-state index is -3.23. The average Bonchev–Trinajstić information content (AvgIpc) is 2.68. The summed E-state index contributed by atoms with van der Waals surface area (Å²) in [6, 6.07) is -0.140. The zero-order valence-corrected chi connectivity index (χ0v) is 17.0. The van der Waals surface area contributed by atoms with Gasteiger partial charge in [-0.25, -0.2) is 18.1 Å². The number of nitrogens with one attached hydrogen (secondary N) is 2. The lowest BCUT2D eigenvalue weighted by Crippen LogP contribution is -2.41. The lowest BCUT2D eigenvalue weighted by molar-refractivity contribution is -0.125. The van der Waals surface area contributed by atoms with E-state index < -0.39 is 10.0 Å². The maximum Gasteiger partial charge on any atom is 0.224 e. The highest BCUT2D eigenvalue weighted by molar-refractivity contribution is 7.88. The second-order valence-electron chi connectivity index (χ2n) is 6.87. The average molecular weight is 389 g/mol. The standard InChI is InChI=1S/C16H28N4O3S2/c1-11-12(2)24-15(18-11)7-8-17-16(21)13-5-6-14(10-20(3)9-13)19-25(4,22)23/h13-14,19H,5-10H2,1-4H3,(H,17,21)/t13-,14+/m1/s1. The Morgan fingerprint density at radius 2 is 2.04 bits per heavy atom. The molecule has 9 heteroatoms. The van der Waals surface area contributed by atoms with Gasteiger partial charge in [0.2, 0.25) is 15.9 Å². The van der Waals surface area contributed by atoms with E-state index in [4.69, 9.17) is 0 Å². The molecule has 0 aromatic carbocycles. The highest BCUT2D eigenvalue weighted by Crippen LogP contribution is 2.18. The third-order valence-electron chi connectivity index (χ3n) is 4.39. The topological polar surface area (TPSA) is 91.4 Å². The zero-order valence-electron chi connectivity index (χ0n) is 15.3. The first kappa shape index (κ1) is 20.3. The Hall–Kier alpha value is -1.03. The van der Waals surface area contributed by atoms with Gasteiger partial charge < -0.3 is 10.2 Å². The second kappa shape index (κ2) is 8.57. The molecule has 2 rings (SSSR count). The summed E-state index contributed by atoms with van der Waals surface area (Å²) < 4.78 is 25.5. The summed E-state index contributed by atoms with van der Waals surface area (Å²) in [6.07, 6.45) is 3.26. The van der Waals surface area contributed by atoms with E-state index in [-0.39, 0.29) is 17.9 Å². The molecule has 1 aromatic rings. The van der Waals surface area contributed by atoms with Gasteiger partial charge in [0.25, 0.3) is 0 Å². The predicted molar refractivity (Wildman–Crippen MR) is 100 cm³/mol. The molecule has 25 heavy (non-hydrogen) atoms. The number of aryl methyl sites for hydroxylation is 2. The van der Waals surface area contributed by atoms with Crippen LogP contribution in [0.2, 0.25) is 0 Å². The van der Waals surface area contributed by atoms with Crippen LogP contribution >= 0.6 is 11.3 Å². The monoisotopic (exact) mass is 388 g/mol. The maximum atomic E-state index is 12.5. The van der Waals surface area contributed by atoms with Gasteiger partial charge in [-0.1, -0.05) is 0 Å². The summed E-state index contributed by atoms with van der Waals surface area (Å²) in [5, 5.41) is 4.05. The number of likely N-dealkylation sites (N-methyl/N-ethyl adjacent to an activating group) is 1. The minimum Gasteiger partial charge on any atom is -0.355 e. The number of carbonyl (C=O) groups excluding carboxylic acids is 1. The van der Waals surface area contributed by atoms with Crippen LogP contribution in [-0.4, -0.2) is 63.2 Å². The number of rotatable bonds is 6. The Labute approximate surface area is 154 Å². The van der Waals surface area contributed by atoms with Gasteiger partial charge in [0.05, 0.1) is 22.9 Å². The molecule has 2 N–H and O–H groups in total. The van der Waals surface area contributed by atoms with Crippen LogP contribution < -0.4 is 10.0 Å². The number of likely N-dealkylation sites (tertiary alicyclic amines) is 1. The third-order valence-corrected chi connectivity index (χ3v) is 6.28. The van der Waals surface area contributed by atoms with E-state index in [9.17, 15) is 13.2 Å². The molecule has 1 aromatic heterocycles. The number of aromatic nitrogens is 1. The molecule has 0 saturated carbocycles. The van der Waals surface area contributed by atoms with Crippen molar-refractivity contribution < 1.29 is 13.2 Å². The van der Waals surface area contributed by atoms with E-state index >= 15 is 0 Å². The van der Waals surface area contributed by atoms with Crippen LogP contribution in [-0.2, 0) is 21.2 Å². The van der Waals surface area contributed by atoms with Crippen LogP contribution in [0, 0.1) is 19.8 Å². The van der Waals surface area contributed by atoms with Crippen molar-refractivity contribution in [2.24, 2.45) is 5.92 Å². The van der Waals surface area contributed by atoms with Crippen molar-refractivity contribution >= 4 is 27.3 Å². The van der Waals surface area contributed by atoms with Gasteiger partial charge in [-0.3, -0.25) is 4.79 Å². The summed E-state index contributed by atoms with van der Waals surface area (Å²) in [5.41, 5.74) is 1.06. The largest absolute Gasteiger partial charge is 0.355 e. The Balaban J connectivity index is 1.82. The van der Waals surface area contributed by atoms with Gasteiger partial charge in [-0.2, -0.15) is 0 Å². The molecule has 0 aliphatic carbocycles. The number of hydrogen-bond donors (Lipinski definition) is 2. The van der Waals surface area contributed by atoms with Gasteiger partial charge in [0, 0.05) is 37.0 Å². The van der Waals surface area contributed by atoms with Gasteiger partial charge in [0.15, 0.2) is 0 Å². The van der Waals surface area contributed by atoms with Crippen LogP contribution in [0.5, 0.6) is 0 Å². The third kappa shape index (κ3) is 6.65. The first-order valence-electron chi connectivity index (χ1n) is 8.50. The smallest absolute Gasteiger partial charge is 0.224 e. The molecule has 142 valence electrons. The normalized spacial score (nSPS) is 22.6. The van der Waals surface area contributed by atoms with E-state index in [2.05, 4.69) is 21.9 Å². The molecule has 0 radical (unpaired) electrons. The Bertz CT molecular complexity index is 683. The first-order chi connectivity index (χ1) is 11.6. The van der Waals surface area contributed by atoms with Gasteiger partial charge in [-0.15, -0.1) is 11.3 Å². The van der Waals surface area contributed by atoms with Crippen molar-refractivity contribution in [1.82, 2.24) is 19.9 Å². The van der Waals surface area contributed by atoms with E-state index in [1.807, 2.05) is 18.9 Å². The van der Waals surface area contributed by atoms with Crippen LogP contribution in [0.25, 0.3) is 0 Å². The molecule has 7 nitrogen and oxygen atoms in total. The minimum absolute atomic E-state index is 0.0388. The molecule has 1 amide bonds. The summed E-state index contributed by atoms with van der Waals surface area (Å²) in [4.78, 5) is 20.2. The second-order valence-corrected chi connectivity index (χ2v) is 9.94. The van der Waals surface area contributed by atoms with Crippen molar-refractivity contribution in [1.29, 1.82) is 0 Å². The van der Waals surface area contributed by atoms with Crippen molar-refractivity contribution in [3.8, 4) is 0 Å². The van der Waals surface area contributed by atoms with Crippen LogP contribution in [0.3, 0.4) is 0 Å². The quantitative estimate of drug-likeness (QED) is 0.748. The van der Waals surface area contributed by atoms with E-state index in [1.165, 1.54) is 11.1 Å². The van der Waals surface area contributed by atoms with Crippen molar-refractivity contribution in [3.05, 3.63) is 15.6 Å². The molecule has 1 aliphatic rings. The molecular weight excluding hydrogens is 360 g/mol. The zero-order chi connectivity index (χ0) is 18.6. The number of nitrogens with zero attached hydrogens (tertiary/aromatic N) is 2.